The van der Waals surface area contributed by atoms with Gasteiger partial charge in [0.2, 0.25) is 5.91 Å². The molecule has 0 N–H and O–H groups in total. The largest absolute Gasteiger partial charge is 0.487 e. The molecule has 1 aromatic heterocycles. The van der Waals surface area contributed by atoms with Gasteiger partial charge in [0.05, 0.1) is 47.3 Å². The summed E-state index contributed by atoms with van der Waals surface area (Å²) in [5, 5.41) is 2.44. The van der Waals surface area contributed by atoms with Crippen LogP contribution in [0.4, 0.5) is 0 Å². The summed E-state index contributed by atoms with van der Waals surface area (Å²) in [6, 6.07) is 6.74. The number of nitrogens with zero attached hydrogens (tertiary/aromatic N) is 2. The number of methoxy groups -OCH3 is 1. The Morgan fingerprint density at radius 1 is 1.33 bits per heavy atom. The minimum atomic E-state index is -0.513. The Labute approximate surface area is 181 Å². The number of thioether (sulfide) groups is 1. The van der Waals surface area contributed by atoms with E-state index in [0.29, 0.717) is 35.9 Å². The van der Waals surface area contributed by atoms with Crippen LogP contribution in [-0.4, -0.2) is 53.7 Å². The van der Waals surface area contributed by atoms with Crippen molar-refractivity contribution < 1.29 is 28.6 Å². The molecule has 1 amide bonds. The fourth-order valence-corrected chi connectivity index (χ4v) is 4.08. The second-order valence-corrected chi connectivity index (χ2v) is 7.84. The molecule has 2 heterocycles. The van der Waals surface area contributed by atoms with E-state index in [-0.39, 0.29) is 18.3 Å². The maximum atomic E-state index is 12.3. The number of carbonyl (C=O) groups excluding carboxylic acids is 3. The van der Waals surface area contributed by atoms with Gasteiger partial charge >= 0.3 is 11.9 Å². The second kappa shape index (κ2) is 10.8. The number of hydrogen-bond acceptors (Lipinski definition) is 9. The number of aromatic nitrogens is 1. The molecule has 1 fully saturated rings. The summed E-state index contributed by atoms with van der Waals surface area (Å²) >= 11 is 2.77. The van der Waals surface area contributed by atoms with E-state index in [1.807, 2.05) is 5.38 Å². The standard InChI is InChI=1S/C20H20N2O6S2/c1-26-19(24)9-18-22(17(23)12-30-18)6-3-7-27-20(25)14-4-2-5-16(8-14)28-10-15-11-29-13-21-15/h2,4-5,8-9,11,13H,3,6-7,10,12H2,1H3/b18-9+. The first-order chi connectivity index (χ1) is 14.6. The summed E-state index contributed by atoms with van der Waals surface area (Å²) in [6.07, 6.45) is 1.73. The Bertz CT molecular complexity index is 929. The minimum Gasteiger partial charge on any atom is -0.487 e. The summed E-state index contributed by atoms with van der Waals surface area (Å²) in [4.78, 5) is 41.3. The molecule has 1 aromatic carbocycles. The first kappa shape index (κ1) is 21.8. The van der Waals surface area contributed by atoms with Crippen LogP contribution in [0.25, 0.3) is 0 Å². The van der Waals surface area contributed by atoms with Crippen LogP contribution < -0.4 is 4.74 Å². The molecule has 0 atom stereocenters. The van der Waals surface area contributed by atoms with Gasteiger partial charge in [0, 0.05) is 11.9 Å². The first-order valence-electron chi connectivity index (χ1n) is 9.06. The number of thiazole rings is 1. The molecule has 0 aliphatic carbocycles. The molecule has 8 nitrogen and oxygen atoms in total. The van der Waals surface area contributed by atoms with E-state index in [1.54, 1.807) is 29.8 Å². The zero-order valence-corrected chi connectivity index (χ0v) is 17.9. The van der Waals surface area contributed by atoms with Crippen molar-refractivity contribution >= 4 is 40.9 Å². The summed E-state index contributed by atoms with van der Waals surface area (Å²) in [5.41, 5.74) is 2.93. The van der Waals surface area contributed by atoms with Gasteiger partial charge in [0.1, 0.15) is 12.4 Å². The smallest absolute Gasteiger partial charge is 0.338 e. The van der Waals surface area contributed by atoms with Gasteiger partial charge < -0.3 is 19.1 Å². The SMILES string of the molecule is COC(=O)/C=C1/SCC(=O)N1CCCOC(=O)c1cccc(OCc2cscn2)c1. The summed E-state index contributed by atoms with van der Waals surface area (Å²) in [6.45, 7) is 0.812. The fourth-order valence-electron chi connectivity index (χ4n) is 2.58. The topological polar surface area (TPSA) is 95.0 Å². The van der Waals surface area contributed by atoms with Crippen LogP contribution >= 0.6 is 23.1 Å². The number of hydrogen-bond donors (Lipinski definition) is 0. The summed E-state index contributed by atoms with van der Waals surface area (Å²) < 4.78 is 15.6. The second-order valence-electron chi connectivity index (χ2n) is 6.13. The number of benzene rings is 1. The van der Waals surface area contributed by atoms with Crippen molar-refractivity contribution in [2.24, 2.45) is 0 Å². The average molecular weight is 449 g/mol. The van der Waals surface area contributed by atoms with E-state index in [2.05, 4.69) is 9.72 Å². The van der Waals surface area contributed by atoms with E-state index < -0.39 is 11.9 Å². The zero-order valence-electron chi connectivity index (χ0n) is 16.2. The molecule has 1 aliphatic heterocycles. The Kier molecular flexibility index (Phi) is 7.86. The molecule has 0 saturated carbocycles. The van der Waals surface area contributed by atoms with Crippen LogP contribution in [0.3, 0.4) is 0 Å². The normalized spacial score (nSPS) is 14.8. The molecule has 0 bridgehead atoms. The number of carbonyl (C=O) groups is 3. The molecule has 1 saturated heterocycles. The van der Waals surface area contributed by atoms with Gasteiger partial charge in [-0.3, -0.25) is 4.79 Å². The van der Waals surface area contributed by atoms with Crippen molar-refractivity contribution in [1.29, 1.82) is 0 Å². The zero-order chi connectivity index (χ0) is 21.3. The molecule has 10 heteroatoms. The first-order valence-corrected chi connectivity index (χ1v) is 11.0. The van der Waals surface area contributed by atoms with Crippen LogP contribution in [0.1, 0.15) is 22.5 Å². The van der Waals surface area contributed by atoms with Crippen LogP contribution in [0.15, 0.2) is 46.3 Å². The van der Waals surface area contributed by atoms with E-state index in [0.717, 1.165) is 5.69 Å². The predicted molar refractivity (Wildman–Crippen MR) is 112 cm³/mol. The Balaban J connectivity index is 1.46. The highest BCUT2D eigenvalue weighted by molar-refractivity contribution is 8.04. The third-order valence-electron chi connectivity index (χ3n) is 4.05. The quantitative estimate of drug-likeness (QED) is 0.328. The molecule has 0 unspecified atom stereocenters. The summed E-state index contributed by atoms with van der Waals surface area (Å²) in [7, 11) is 1.28. The number of ether oxygens (including phenoxy) is 3. The lowest BCUT2D eigenvalue weighted by atomic mass is 10.2. The van der Waals surface area contributed by atoms with Crippen LogP contribution in [0.5, 0.6) is 5.75 Å². The fraction of sp³-hybridized carbons (Fsp3) is 0.300. The summed E-state index contributed by atoms with van der Waals surface area (Å²) in [5.74, 6) is -0.251. The Morgan fingerprint density at radius 3 is 2.97 bits per heavy atom. The molecule has 0 spiro atoms. The van der Waals surface area contributed by atoms with E-state index >= 15 is 0 Å². The molecule has 158 valence electrons. The highest BCUT2D eigenvalue weighted by Gasteiger charge is 2.27. The molecule has 3 rings (SSSR count). The van der Waals surface area contributed by atoms with Gasteiger partial charge in [-0.25, -0.2) is 14.6 Å². The van der Waals surface area contributed by atoms with Gasteiger partial charge in [-0.2, -0.15) is 0 Å². The minimum absolute atomic E-state index is 0.0913. The van der Waals surface area contributed by atoms with Gasteiger partial charge in [-0.05, 0) is 24.6 Å². The van der Waals surface area contributed by atoms with Crippen molar-refractivity contribution in [3.05, 3.63) is 57.5 Å². The number of rotatable bonds is 9. The van der Waals surface area contributed by atoms with Gasteiger partial charge in [0.25, 0.3) is 0 Å². The lowest BCUT2D eigenvalue weighted by molar-refractivity contribution is -0.134. The van der Waals surface area contributed by atoms with Gasteiger partial charge in [0.15, 0.2) is 0 Å². The maximum Gasteiger partial charge on any atom is 0.338 e. The molecular weight excluding hydrogens is 428 g/mol. The highest BCUT2D eigenvalue weighted by atomic mass is 32.2. The number of esters is 2. The monoisotopic (exact) mass is 448 g/mol. The van der Waals surface area contributed by atoms with E-state index in [9.17, 15) is 14.4 Å². The van der Waals surface area contributed by atoms with Crippen molar-refractivity contribution in [3.63, 3.8) is 0 Å². The lowest BCUT2D eigenvalue weighted by Crippen LogP contribution is -2.27. The highest BCUT2D eigenvalue weighted by Crippen LogP contribution is 2.28. The van der Waals surface area contributed by atoms with Crippen LogP contribution in [0.2, 0.25) is 0 Å². The molecular formula is C20H20N2O6S2. The average Bonchev–Trinajstić information content (AvgIpc) is 3.40. The lowest BCUT2D eigenvalue weighted by Gasteiger charge is -2.16. The maximum absolute atomic E-state index is 12.3. The predicted octanol–water partition coefficient (Wildman–Crippen LogP) is 2.86. The van der Waals surface area contributed by atoms with Crippen molar-refractivity contribution in [3.8, 4) is 5.75 Å². The van der Waals surface area contributed by atoms with E-state index in [1.165, 1.54) is 41.2 Å². The van der Waals surface area contributed by atoms with Gasteiger partial charge in [-0.15, -0.1) is 11.3 Å². The molecule has 0 radical (unpaired) electrons. The Hall–Kier alpha value is -2.85. The van der Waals surface area contributed by atoms with Crippen molar-refractivity contribution in [2.75, 3.05) is 26.0 Å². The molecule has 1 aliphatic rings. The van der Waals surface area contributed by atoms with Crippen molar-refractivity contribution in [1.82, 2.24) is 9.88 Å². The third kappa shape index (κ3) is 6.07. The number of amides is 1. The third-order valence-corrected chi connectivity index (χ3v) is 5.71. The van der Waals surface area contributed by atoms with Gasteiger partial charge in [-0.1, -0.05) is 17.8 Å². The van der Waals surface area contributed by atoms with E-state index in [4.69, 9.17) is 9.47 Å². The van der Waals surface area contributed by atoms with Crippen LogP contribution in [0, 0.1) is 0 Å². The van der Waals surface area contributed by atoms with Crippen LogP contribution in [-0.2, 0) is 25.7 Å². The van der Waals surface area contributed by atoms with Crippen molar-refractivity contribution in [2.45, 2.75) is 13.0 Å². The Morgan fingerprint density at radius 2 is 2.20 bits per heavy atom. The molecule has 30 heavy (non-hydrogen) atoms. The molecule has 2 aromatic rings.